The van der Waals surface area contributed by atoms with Gasteiger partial charge in [0.25, 0.3) is 0 Å². The van der Waals surface area contributed by atoms with Crippen molar-refractivity contribution in [1.29, 1.82) is 0 Å². The third kappa shape index (κ3) is 3.41. The molecule has 0 spiro atoms. The fourth-order valence-corrected chi connectivity index (χ4v) is 3.62. The first-order valence-corrected chi connectivity index (χ1v) is 9.10. The summed E-state index contributed by atoms with van der Waals surface area (Å²) in [5, 5.41) is 14.8. The number of aliphatic hydroxyl groups excluding tert-OH is 1. The number of nitrogens with one attached hydrogen (secondary N) is 2. The summed E-state index contributed by atoms with van der Waals surface area (Å²) in [4.78, 5) is 17.6. The number of aromatic amines is 1. The van der Waals surface area contributed by atoms with Crippen LogP contribution in [0.15, 0.2) is 54.7 Å². The van der Waals surface area contributed by atoms with Crippen LogP contribution < -0.4 is 15.0 Å². The highest BCUT2D eigenvalue weighted by atomic mass is 16.5. The molecule has 1 fully saturated rings. The zero-order chi connectivity index (χ0) is 18.8. The second-order valence-corrected chi connectivity index (χ2v) is 6.75. The van der Waals surface area contributed by atoms with Crippen LogP contribution >= 0.6 is 0 Å². The minimum absolute atomic E-state index is 0.0500. The number of hydrogen-bond donors (Lipinski definition) is 3. The third-order valence-electron chi connectivity index (χ3n) is 5.11. The number of aromatic nitrogens is 1. The van der Waals surface area contributed by atoms with Crippen molar-refractivity contribution in [1.82, 2.24) is 10.3 Å². The molecule has 1 aliphatic heterocycles. The molecule has 1 amide bonds. The average Bonchev–Trinajstić information content (AvgIpc) is 3.29. The van der Waals surface area contributed by atoms with Crippen molar-refractivity contribution in [3.8, 4) is 5.75 Å². The molecule has 4 rings (SSSR count). The van der Waals surface area contributed by atoms with Gasteiger partial charge in [-0.2, -0.15) is 0 Å². The molecule has 6 heteroatoms. The molecule has 1 aliphatic rings. The Morgan fingerprint density at radius 1 is 1.30 bits per heavy atom. The fraction of sp³-hybridized carbons (Fsp3) is 0.286. The van der Waals surface area contributed by atoms with Gasteiger partial charge in [0.05, 0.1) is 19.3 Å². The number of rotatable bonds is 6. The van der Waals surface area contributed by atoms with Gasteiger partial charge in [-0.25, -0.2) is 0 Å². The summed E-state index contributed by atoms with van der Waals surface area (Å²) in [7, 11) is 1.62. The minimum Gasteiger partial charge on any atom is -0.497 e. The van der Waals surface area contributed by atoms with Crippen molar-refractivity contribution < 1.29 is 14.6 Å². The van der Waals surface area contributed by atoms with Gasteiger partial charge in [-0.05, 0) is 36.8 Å². The number of amides is 1. The first-order chi connectivity index (χ1) is 13.2. The van der Waals surface area contributed by atoms with E-state index in [2.05, 4.69) is 10.3 Å². The number of carbonyl (C=O) groups excluding carboxylic acids is 1. The number of ether oxygens (including phenoxy) is 1. The molecule has 3 aromatic rings. The first kappa shape index (κ1) is 17.6. The number of H-pyrrole nitrogens is 1. The predicted octanol–water partition coefficient (Wildman–Crippen LogP) is 2.61. The van der Waals surface area contributed by atoms with Gasteiger partial charge >= 0.3 is 0 Å². The van der Waals surface area contributed by atoms with Crippen molar-refractivity contribution >= 4 is 22.5 Å². The summed E-state index contributed by atoms with van der Waals surface area (Å²) in [5.74, 6) is 0.793. The quantitative estimate of drug-likeness (QED) is 0.628. The number of methoxy groups -OCH3 is 1. The molecule has 1 aromatic heterocycles. The zero-order valence-electron chi connectivity index (χ0n) is 15.2. The highest BCUT2D eigenvalue weighted by molar-refractivity contribution is 5.99. The number of anilines is 1. The standard InChI is InChI=1S/C21H23N3O3/c1-27-15-7-8-18-16(11-15)17(12-22-18)20(25)13-23-19-9-10-24(21(19)26)14-5-3-2-4-6-14/h2-8,11-12,19-20,22-23,25H,9-10,13H2,1H3. The number of para-hydroxylation sites is 1. The summed E-state index contributed by atoms with van der Waals surface area (Å²) in [5.41, 5.74) is 2.65. The summed E-state index contributed by atoms with van der Waals surface area (Å²) in [6.07, 6.45) is 1.81. The van der Waals surface area contributed by atoms with Crippen LogP contribution in [0.2, 0.25) is 0 Å². The molecule has 2 unspecified atom stereocenters. The van der Waals surface area contributed by atoms with Crippen LogP contribution in [0.5, 0.6) is 5.75 Å². The zero-order valence-corrected chi connectivity index (χ0v) is 15.2. The fourth-order valence-electron chi connectivity index (χ4n) is 3.62. The lowest BCUT2D eigenvalue weighted by Crippen LogP contribution is -2.40. The number of benzene rings is 2. The van der Waals surface area contributed by atoms with E-state index in [0.717, 1.165) is 34.3 Å². The number of nitrogens with zero attached hydrogens (tertiary/aromatic N) is 1. The lowest BCUT2D eigenvalue weighted by Gasteiger charge is -2.18. The van der Waals surface area contributed by atoms with Gasteiger partial charge in [-0.3, -0.25) is 4.79 Å². The van der Waals surface area contributed by atoms with E-state index in [4.69, 9.17) is 4.74 Å². The third-order valence-corrected chi connectivity index (χ3v) is 5.11. The molecular weight excluding hydrogens is 342 g/mol. The van der Waals surface area contributed by atoms with E-state index in [1.165, 1.54) is 0 Å². The largest absolute Gasteiger partial charge is 0.497 e. The van der Waals surface area contributed by atoms with Crippen molar-refractivity contribution in [2.24, 2.45) is 0 Å². The molecule has 3 N–H and O–H groups in total. The second kappa shape index (κ2) is 7.42. The monoisotopic (exact) mass is 365 g/mol. The number of aliphatic hydroxyl groups is 1. The topological polar surface area (TPSA) is 77.6 Å². The molecule has 0 aliphatic carbocycles. The van der Waals surface area contributed by atoms with Crippen LogP contribution in [0, 0.1) is 0 Å². The van der Waals surface area contributed by atoms with Crippen LogP contribution in [-0.4, -0.2) is 42.2 Å². The van der Waals surface area contributed by atoms with E-state index >= 15 is 0 Å². The van der Waals surface area contributed by atoms with Crippen LogP contribution in [0.4, 0.5) is 5.69 Å². The van der Waals surface area contributed by atoms with Crippen molar-refractivity contribution in [2.45, 2.75) is 18.6 Å². The molecular formula is C21H23N3O3. The van der Waals surface area contributed by atoms with Gasteiger partial charge < -0.3 is 25.0 Å². The summed E-state index contributed by atoms with van der Waals surface area (Å²) in [6.45, 7) is 0.990. The molecule has 2 aromatic carbocycles. The van der Waals surface area contributed by atoms with E-state index in [-0.39, 0.29) is 11.9 Å². The van der Waals surface area contributed by atoms with Crippen LogP contribution in [0.25, 0.3) is 10.9 Å². The summed E-state index contributed by atoms with van der Waals surface area (Å²) >= 11 is 0. The lowest BCUT2D eigenvalue weighted by molar-refractivity contribution is -0.118. The Bertz CT molecular complexity index is 938. The highest BCUT2D eigenvalue weighted by Crippen LogP contribution is 2.28. The van der Waals surface area contributed by atoms with Crippen LogP contribution in [0.3, 0.4) is 0 Å². The molecule has 0 saturated carbocycles. The first-order valence-electron chi connectivity index (χ1n) is 9.10. The van der Waals surface area contributed by atoms with Gasteiger partial charge in [0, 0.05) is 41.4 Å². The molecule has 0 bridgehead atoms. The van der Waals surface area contributed by atoms with Crippen LogP contribution in [0.1, 0.15) is 18.1 Å². The number of hydrogen-bond acceptors (Lipinski definition) is 4. The Morgan fingerprint density at radius 3 is 2.89 bits per heavy atom. The van der Waals surface area contributed by atoms with E-state index in [1.54, 1.807) is 12.0 Å². The Balaban J connectivity index is 1.43. The Hall–Kier alpha value is -2.83. The number of carbonyl (C=O) groups is 1. The maximum Gasteiger partial charge on any atom is 0.244 e. The van der Waals surface area contributed by atoms with E-state index in [9.17, 15) is 9.90 Å². The highest BCUT2D eigenvalue weighted by Gasteiger charge is 2.32. The van der Waals surface area contributed by atoms with Gasteiger partial charge in [0.1, 0.15) is 5.75 Å². The summed E-state index contributed by atoms with van der Waals surface area (Å²) < 4.78 is 5.27. The van der Waals surface area contributed by atoms with Crippen molar-refractivity contribution in [3.63, 3.8) is 0 Å². The Kier molecular flexibility index (Phi) is 4.83. The molecule has 0 radical (unpaired) electrons. The van der Waals surface area contributed by atoms with Crippen molar-refractivity contribution in [3.05, 3.63) is 60.3 Å². The van der Waals surface area contributed by atoms with E-state index in [1.807, 2.05) is 54.7 Å². The van der Waals surface area contributed by atoms with Gasteiger partial charge in [0.2, 0.25) is 5.91 Å². The minimum atomic E-state index is -0.718. The van der Waals surface area contributed by atoms with E-state index in [0.29, 0.717) is 13.1 Å². The molecule has 1 saturated heterocycles. The predicted molar refractivity (Wildman–Crippen MR) is 105 cm³/mol. The van der Waals surface area contributed by atoms with Crippen molar-refractivity contribution in [2.75, 3.05) is 25.1 Å². The number of fused-ring (bicyclic) bond motifs is 1. The average molecular weight is 365 g/mol. The second-order valence-electron chi connectivity index (χ2n) is 6.75. The van der Waals surface area contributed by atoms with E-state index < -0.39 is 6.10 Å². The molecule has 2 heterocycles. The van der Waals surface area contributed by atoms with Crippen LogP contribution in [-0.2, 0) is 4.79 Å². The normalized spacial score (nSPS) is 18.2. The molecule has 27 heavy (non-hydrogen) atoms. The Morgan fingerprint density at radius 2 is 2.11 bits per heavy atom. The molecule has 2 atom stereocenters. The van der Waals surface area contributed by atoms with Gasteiger partial charge in [0.15, 0.2) is 0 Å². The summed E-state index contributed by atoms with van der Waals surface area (Å²) in [6, 6.07) is 15.1. The van der Waals surface area contributed by atoms with Gasteiger partial charge in [-0.1, -0.05) is 18.2 Å². The Labute approximate surface area is 157 Å². The maximum absolute atomic E-state index is 12.7. The van der Waals surface area contributed by atoms with Gasteiger partial charge in [-0.15, -0.1) is 0 Å². The smallest absolute Gasteiger partial charge is 0.244 e. The lowest BCUT2D eigenvalue weighted by atomic mass is 10.1. The molecule has 140 valence electrons. The maximum atomic E-state index is 12.7. The SMILES string of the molecule is COc1ccc2[nH]cc(C(O)CNC3CCN(c4ccccc4)C3=O)c2c1. The molecule has 6 nitrogen and oxygen atoms in total.